The minimum atomic E-state index is -0.264. The quantitative estimate of drug-likeness (QED) is 0.776. The molecule has 4 heteroatoms. The lowest BCUT2D eigenvalue weighted by Crippen LogP contribution is -2.23. The Labute approximate surface area is 83.9 Å². The zero-order valence-electron chi connectivity index (χ0n) is 8.70. The van der Waals surface area contributed by atoms with Gasteiger partial charge in [-0.05, 0) is 25.2 Å². The molecule has 0 aromatic carbocycles. The van der Waals surface area contributed by atoms with Gasteiger partial charge in [-0.15, -0.1) is 5.10 Å². The number of hydrogen-bond acceptors (Lipinski definition) is 4. The highest BCUT2D eigenvalue weighted by Crippen LogP contribution is 2.40. The molecule has 76 valence electrons. The van der Waals surface area contributed by atoms with Crippen molar-refractivity contribution >= 4 is 0 Å². The number of nitrogens with two attached hydrogens (primary N) is 1. The van der Waals surface area contributed by atoms with Crippen LogP contribution in [0.15, 0.2) is 6.20 Å². The second-order valence-corrected chi connectivity index (χ2v) is 4.53. The Morgan fingerprint density at radius 2 is 2.21 bits per heavy atom. The summed E-state index contributed by atoms with van der Waals surface area (Å²) in [5, 5.41) is 7.95. The molecule has 1 saturated carbocycles. The number of nitrogens with zero attached hydrogens (tertiary/aromatic N) is 3. The minimum absolute atomic E-state index is 0.264. The van der Waals surface area contributed by atoms with E-state index in [0.29, 0.717) is 5.92 Å². The van der Waals surface area contributed by atoms with E-state index in [2.05, 4.69) is 29.0 Å². The third kappa shape index (κ3) is 1.90. The zero-order chi connectivity index (χ0) is 10.2. The highest BCUT2D eigenvalue weighted by atomic mass is 15.2. The van der Waals surface area contributed by atoms with Crippen molar-refractivity contribution in [3.63, 3.8) is 0 Å². The van der Waals surface area contributed by atoms with Crippen LogP contribution in [-0.4, -0.2) is 15.2 Å². The first-order valence-corrected chi connectivity index (χ1v) is 5.08. The predicted octanol–water partition coefficient (Wildman–Crippen LogP) is 1.02. The highest BCUT2D eigenvalue weighted by molar-refractivity contribution is 5.14. The third-order valence-electron chi connectivity index (χ3n) is 2.46. The number of hydrogen-bond donors (Lipinski definition) is 1. The monoisotopic (exact) mass is 192 g/mol. The Bertz CT molecular complexity index is 331. The van der Waals surface area contributed by atoms with Crippen molar-refractivity contribution in [3.8, 4) is 0 Å². The predicted molar refractivity (Wildman–Crippen MR) is 53.5 cm³/mol. The van der Waals surface area contributed by atoms with Crippen molar-refractivity contribution in [2.24, 2.45) is 11.7 Å². The average Bonchev–Trinajstić information content (AvgIpc) is 2.84. The van der Waals surface area contributed by atoms with E-state index in [1.807, 2.05) is 0 Å². The molecule has 0 unspecified atom stereocenters. The Hall–Kier alpha value is -1.03. The SMILES string of the molecule is CC(C)Cc1cnnc(C2(N)CC2)n1. The van der Waals surface area contributed by atoms with Gasteiger partial charge in [0, 0.05) is 0 Å². The zero-order valence-corrected chi connectivity index (χ0v) is 8.70. The molecule has 0 amide bonds. The van der Waals surface area contributed by atoms with Crippen LogP contribution in [0.2, 0.25) is 0 Å². The summed E-state index contributed by atoms with van der Waals surface area (Å²) in [6.07, 6.45) is 4.65. The van der Waals surface area contributed by atoms with Gasteiger partial charge in [-0.1, -0.05) is 13.8 Å². The smallest absolute Gasteiger partial charge is 0.171 e. The molecule has 1 heterocycles. The first-order valence-electron chi connectivity index (χ1n) is 5.08. The van der Waals surface area contributed by atoms with Gasteiger partial charge < -0.3 is 5.73 Å². The first-order chi connectivity index (χ1) is 6.60. The average molecular weight is 192 g/mol. The molecule has 0 radical (unpaired) electrons. The van der Waals surface area contributed by atoms with Crippen LogP contribution in [0.5, 0.6) is 0 Å². The molecule has 1 aliphatic rings. The van der Waals surface area contributed by atoms with Crippen molar-refractivity contribution in [1.29, 1.82) is 0 Å². The summed E-state index contributed by atoms with van der Waals surface area (Å²) >= 11 is 0. The van der Waals surface area contributed by atoms with Gasteiger partial charge in [0.05, 0.1) is 17.4 Å². The lowest BCUT2D eigenvalue weighted by Gasteiger charge is -2.08. The van der Waals surface area contributed by atoms with Crippen molar-refractivity contribution in [2.45, 2.75) is 38.6 Å². The fourth-order valence-electron chi connectivity index (χ4n) is 1.42. The van der Waals surface area contributed by atoms with Crippen LogP contribution in [0, 0.1) is 5.92 Å². The van der Waals surface area contributed by atoms with Crippen LogP contribution in [-0.2, 0) is 12.0 Å². The summed E-state index contributed by atoms with van der Waals surface area (Å²) in [6, 6.07) is 0. The van der Waals surface area contributed by atoms with E-state index in [1.54, 1.807) is 6.20 Å². The van der Waals surface area contributed by atoms with Gasteiger partial charge in [0.2, 0.25) is 0 Å². The maximum atomic E-state index is 6.00. The van der Waals surface area contributed by atoms with Crippen LogP contribution in [0.25, 0.3) is 0 Å². The standard InChI is InChI=1S/C10H16N4/c1-7(2)5-8-6-12-14-9(13-8)10(11)3-4-10/h6-7H,3-5,11H2,1-2H3. The van der Waals surface area contributed by atoms with Gasteiger partial charge in [0.15, 0.2) is 5.82 Å². The first kappa shape index (κ1) is 9.52. The summed E-state index contributed by atoms with van der Waals surface area (Å²) in [6.45, 7) is 4.33. The van der Waals surface area contributed by atoms with E-state index >= 15 is 0 Å². The molecule has 1 aromatic heterocycles. The third-order valence-corrected chi connectivity index (χ3v) is 2.46. The molecule has 0 saturated heterocycles. The summed E-state index contributed by atoms with van der Waals surface area (Å²) in [4.78, 5) is 4.45. The maximum Gasteiger partial charge on any atom is 0.171 e. The largest absolute Gasteiger partial charge is 0.319 e. The van der Waals surface area contributed by atoms with Crippen molar-refractivity contribution < 1.29 is 0 Å². The molecule has 4 nitrogen and oxygen atoms in total. The molecule has 2 rings (SSSR count). The van der Waals surface area contributed by atoms with Crippen LogP contribution < -0.4 is 5.73 Å². The Kier molecular flexibility index (Phi) is 2.23. The fourth-order valence-corrected chi connectivity index (χ4v) is 1.42. The molecular weight excluding hydrogens is 176 g/mol. The van der Waals surface area contributed by atoms with E-state index in [4.69, 9.17) is 5.73 Å². The molecule has 1 fully saturated rings. The minimum Gasteiger partial charge on any atom is -0.319 e. The summed E-state index contributed by atoms with van der Waals surface area (Å²) < 4.78 is 0. The lowest BCUT2D eigenvalue weighted by molar-refractivity contribution is 0.597. The summed E-state index contributed by atoms with van der Waals surface area (Å²) in [7, 11) is 0. The molecule has 0 spiro atoms. The molecule has 1 aliphatic carbocycles. The number of rotatable bonds is 3. The topological polar surface area (TPSA) is 64.7 Å². The maximum absolute atomic E-state index is 6.00. The van der Waals surface area contributed by atoms with Crippen LogP contribution in [0.1, 0.15) is 38.2 Å². The van der Waals surface area contributed by atoms with E-state index in [-0.39, 0.29) is 5.54 Å². The summed E-state index contributed by atoms with van der Waals surface area (Å²) in [5.41, 5.74) is 6.74. The molecular formula is C10H16N4. The van der Waals surface area contributed by atoms with Crippen LogP contribution in [0.4, 0.5) is 0 Å². The second kappa shape index (κ2) is 3.28. The molecule has 0 aliphatic heterocycles. The van der Waals surface area contributed by atoms with E-state index < -0.39 is 0 Å². The Balaban J connectivity index is 2.19. The second-order valence-electron chi connectivity index (χ2n) is 4.53. The highest BCUT2D eigenvalue weighted by Gasteiger charge is 2.43. The Morgan fingerprint density at radius 1 is 1.50 bits per heavy atom. The lowest BCUT2D eigenvalue weighted by atomic mass is 10.1. The molecule has 2 N–H and O–H groups in total. The van der Waals surface area contributed by atoms with Crippen molar-refractivity contribution in [3.05, 3.63) is 17.7 Å². The van der Waals surface area contributed by atoms with E-state index in [1.165, 1.54) is 0 Å². The van der Waals surface area contributed by atoms with Gasteiger partial charge in [0.25, 0.3) is 0 Å². The molecule has 14 heavy (non-hydrogen) atoms. The van der Waals surface area contributed by atoms with Crippen LogP contribution >= 0.6 is 0 Å². The van der Waals surface area contributed by atoms with E-state index in [9.17, 15) is 0 Å². The summed E-state index contributed by atoms with van der Waals surface area (Å²) in [5.74, 6) is 1.31. The normalized spacial score (nSPS) is 18.6. The van der Waals surface area contributed by atoms with Gasteiger partial charge in [0.1, 0.15) is 0 Å². The van der Waals surface area contributed by atoms with Crippen molar-refractivity contribution in [1.82, 2.24) is 15.2 Å². The molecule has 1 aromatic rings. The van der Waals surface area contributed by atoms with Crippen LogP contribution in [0.3, 0.4) is 0 Å². The molecule has 0 atom stereocenters. The van der Waals surface area contributed by atoms with Gasteiger partial charge in [-0.2, -0.15) is 5.10 Å². The van der Waals surface area contributed by atoms with Crippen molar-refractivity contribution in [2.75, 3.05) is 0 Å². The molecule has 0 bridgehead atoms. The van der Waals surface area contributed by atoms with E-state index in [0.717, 1.165) is 30.8 Å². The van der Waals surface area contributed by atoms with Gasteiger partial charge in [-0.3, -0.25) is 0 Å². The van der Waals surface area contributed by atoms with Gasteiger partial charge >= 0.3 is 0 Å². The fraction of sp³-hybridized carbons (Fsp3) is 0.700. The number of aromatic nitrogens is 3. The Morgan fingerprint density at radius 3 is 2.79 bits per heavy atom. The van der Waals surface area contributed by atoms with Gasteiger partial charge in [-0.25, -0.2) is 4.98 Å².